The molecule has 38 heavy (non-hydrogen) atoms. The standard InChI is InChI=1S/C17H22N4O2S.2C2HF3O2/c1-11-18-13(10-24-11)9-21-6-4-12-8-14(17(22)23)16(20(2)3)19-15(12)5-7-21;2*3-2(4,5)1(6)7/h8,10H,4-7,9H2,1-3H3,(H,22,23);2*(H,6,7). The Hall–Kier alpha value is -3.47. The molecule has 1 aliphatic rings. The molecule has 0 aromatic carbocycles. The molecule has 17 heteroatoms. The number of carboxylic acid groups (broad SMARTS) is 3. The molecule has 2 aromatic heterocycles. The Morgan fingerprint density at radius 1 is 0.974 bits per heavy atom. The zero-order valence-corrected chi connectivity index (χ0v) is 21.0. The highest BCUT2D eigenvalue weighted by Crippen LogP contribution is 2.24. The summed E-state index contributed by atoms with van der Waals surface area (Å²) in [6.07, 6.45) is -8.52. The van der Waals surface area contributed by atoms with Crippen LogP contribution in [0.4, 0.5) is 32.2 Å². The van der Waals surface area contributed by atoms with Crippen molar-refractivity contribution in [1.29, 1.82) is 0 Å². The lowest BCUT2D eigenvalue weighted by Gasteiger charge is -2.18. The molecule has 0 saturated carbocycles. The Kier molecular flexibility index (Phi) is 11.4. The fraction of sp³-hybridized carbons (Fsp3) is 0.476. The number of alkyl halides is 6. The quantitative estimate of drug-likeness (QED) is 0.465. The summed E-state index contributed by atoms with van der Waals surface area (Å²) < 4.78 is 63.5. The van der Waals surface area contributed by atoms with Crippen LogP contribution in [0.3, 0.4) is 0 Å². The Morgan fingerprint density at radius 3 is 1.87 bits per heavy atom. The van der Waals surface area contributed by atoms with Crippen LogP contribution in [0, 0.1) is 6.92 Å². The number of aromatic carboxylic acids is 1. The number of hydrogen-bond donors (Lipinski definition) is 3. The molecule has 0 aliphatic carbocycles. The second-order valence-electron chi connectivity index (χ2n) is 7.90. The van der Waals surface area contributed by atoms with Crippen molar-refractivity contribution in [1.82, 2.24) is 14.9 Å². The summed E-state index contributed by atoms with van der Waals surface area (Å²) in [6, 6.07) is 1.80. The largest absolute Gasteiger partial charge is 0.490 e. The van der Waals surface area contributed by atoms with Gasteiger partial charge in [-0.05, 0) is 25.0 Å². The first-order valence-electron chi connectivity index (χ1n) is 10.5. The van der Waals surface area contributed by atoms with Crippen molar-refractivity contribution in [3.8, 4) is 0 Å². The molecular weight excluding hydrogens is 550 g/mol. The number of carbonyl (C=O) groups is 3. The number of rotatable bonds is 4. The zero-order valence-electron chi connectivity index (χ0n) is 20.2. The van der Waals surface area contributed by atoms with Gasteiger partial charge in [0.25, 0.3) is 0 Å². The van der Waals surface area contributed by atoms with Crippen LogP contribution in [0.1, 0.15) is 32.3 Å². The fourth-order valence-electron chi connectivity index (χ4n) is 3.04. The smallest absolute Gasteiger partial charge is 0.478 e. The van der Waals surface area contributed by atoms with E-state index in [4.69, 9.17) is 19.8 Å². The second-order valence-corrected chi connectivity index (χ2v) is 8.97. The number of thiazole rings is 1. The SMILES string of the molecule is Cc1nc(CN2CCc3cc(C(=O)O)c(N(C)C)nc3CC2)cs1.O=C(O)C(F)(F)F.O=C(O)C(F)(F)F. The Morgan fingerprint density at radius 2 is 1.47 bits per heavy atom. The van der Waals surface area contributed by atoms with E-state index < -0.39 is 30.3 Å². The van der Waals surface area contributed by atoms with E-state index in [1.165, 1.54) is 0 Å². The summed E-state index contributed by atoms with van der Waals surface area (Å²) in [4.78, 5) is 42.6. The molecule has 3 heterocycles. The van der Waals surface area contributed by atoms with Crippen LogP contribution in [0.15, 0.2) is 11.4 Å². The minimum Gasteiger partial charge on any atom is -0.478 e. The summed E-state index contributed by atoms with van der Waals surface area (Å²) in [7, 11) is 3.66. The Balaban J connectivity index is 0.000000426. The van der Waals surface area contributed by atoms with Gasteiger partial charge in [0, 0.05) is 51.2 Å². The third-order valence-electron chi connectivity index (χ3n) is 4.72. The number of aromatic nitrogens is 2. The number of pyridine rings is 1. The highest BCUT2D eigenvalue weighted by molar-refractivity contribution is 7.09. The number of aliphatic carboxylic acids is 2. The third-order valence-corrected chi connectivity index (χ3v) is 5.55. The lowest BCUT2D eigenvalue weighted by Crippen LogP contribution is -2.26. The maximum absolute atomic E-state index is 11.5. The highest BCUT2D eigenvalue weighted by Gasteiger charge is 2.38. The van der Waals surface area contributed by atoms with Gasteiger partial charge in [-0.1, -0.05) is 0 Å². The summed E-state index contributed by atoms with van der Waals surface area (Å²) >= 11 is 1.67. The number of anilines is 1. The monoisotopic (exact) mass is 574 g/mol. The van der Waals surface area contributed by atoms with E-state index in [0.29, 0.717) is 5.82 Å². The normalized spacial score (nSPS) is 13.6. The van der Waals surface area contributed by atoms with E-state index in [1.807, 2.05) is 21.0 Å². The maximum atomic E-state index is 11.5. The molecule has 1 aliphatic heterocycles. The summed E-state index contributed by atoms with van der Waals surface area (Å²) in [6.45, 7) is 4.67. The van der Waals surface area contributed by atoms with Crippen LogP contribution in [0.25, 0.3) is 0 Å². The van der Waals surface area contributed by atoms with Gasteiger partial charge < -0.3 is 20.2 Å². The van der Waals surface area contributed by atoms with Gasteiger partial charge in [0.1, 0.15) is 11.4 Å². The van der Waals surface area contributed by atoms with Crippen LogP contribution in [-0.4, -0.2) is 87.6 Å². The van der Waals surface area contributed by atoms with Crippen molar-refractivity contribution in [3.05, 3.63) is 39.0 Å². The molecule has 0 amide bonds. The van der Waals surface area contributed by atoms with Gasteiger partial charge in [-0.25, -0.2) is 24.4 Å². The van der Waals surface area contributed by atoms with Crippen molar-refractivity contribution >= 4 is 35.1 Å². The van der Waals surface area contributed by atoms with E-state index in [-0.39, 0.29) is 5.56 Å². The lowest BCUT2D eigenvalue weighted by atomic mass is 10.1. The van der Waals surface area contributed by atoms with Crippen LogP contribution < -0.4 is 4.90 Å². The average molecular weight is 575 g/mol. The van der Waals surface area contributed by atoms with Gasteiger partial charge in [-0.3, -0.25) is 4.90 Å². The van der Waals surface area contributed by atoms with Gasteiger partial charge in [0.05, 0.1) is 10.7 Å². The fourth-order valence-corrected chi connectivity index (χ4v) is 3.64. The number of hydrogen-bond acceptors (Lipinski definition) is 8. The van der Waals surface area contributed by atoms with Crippen molar-refractivity contribution in [2.24, 2.45) is 0 Å². The second kappa shape index (κ2) is 13.4. The van der Waals surface area contributed by atoms with E-state index in [1.54, 1.807) is 22.3 Å². The topological polar surface area (TPSA) is 144 Å². The number of fused-ring (bicyclic) bond motifs is 1. The van der Waals surface area contributed by atoms with Crippen molar-refractivity contribution in [2.45, 2.75) is 38.7 Å². The predicted octanol–water partition coefficient (Wildman–Crippen LogP) is 3.48. The van der Waals surface area contributed by atoms with Gasteiger partial charge >= 0.3 is 30.3 Å². The number of halogens is 6. The number of carboxylic acids is 3. The van der Waals surface area contributed by atoms with Crippen LogP contribution in [0.2, 0.25) is 0 Å². The Bertz CT molecular complexity index is 1110. The first kappa shape index (κ1) is 32.6. The predicted molar refractivity (Wildman–Crippen MR) is 122 cm³/mol. The Labute approximate surface area is 216 Å². The molecule has 0 unspecified atom stereocenters. The molecule has 212 valence electrons. The first-order chi connectivity index (χ1) is 17.3. The highest BCUT2D eigenvalue weighted by atomic mass is 32.1. The molecule has 3 rings (SSSR count). The van der Waals surface area contributed by atoms with Crippen LogP contribution in [-0.2, 0) is 29.0 Å². The number of aryl methyl sites for hydroxylation is 1. The van der Waals surface area contributed by atoms with E-state index in [0.717, 1.165) is 54.4 Å². The maximum Gasteiger partial charge on any atom is 0.490 e. The van der Waals surface area contributed by atoms with E-state index in [9.17, 15) is 36.2 Å². The molecule has 0 bridgehead atoms. The summed E-state index contributed by atoms with van der Waals surface area (Å²) in [5.74, 6) is -5.90. The van der Waals surface area contributed by atoms with Gasteiger partial charge in [-0.15, -0.1) is 11.3 Å². The lowest BCUT2D eigenvalue weighted by molar-refractivity contribution is -0.193. The minimum absolute atomic E-state index is 0.280. The van der Waals surface area contributed by atoms with Crippen LogP contribution >= 0.6 is 11.3 Å². The molecule has 0 fully saturated rings. The molecule has 0 atom stereocenters. The van der Waals surface area contributed by atoms with Gasteiger partial charge in [0.2, 0.25) is 0 Å². The minimum atomic E-state index is -5.08. The van der Waals surface area contributed by atoms with Crippen molar-refractivity contribution in [3.63, 3.8) is 0 Å². The van der Waals surface area contributed by atoms with E-state index in [2.05, 4.69) is 20.2 Å². The van der Waals surface area contributed by atoms with E-state index >= 15 is 0 Å². The summed E-state index contributed by atoms with van der Waals surface area (Å²) in [5.41, 5.74) is 3.45. The third kappa shape index (κ3) is 10.5. The number of nitrogens with zero attached hydrogens (tertiary/aromatic N) is 4. The zero-order chi connectivity index (χ0) is 29.4. The molecule has 10 nitrogen and oxygen atoms in total. The molecule has 3 N–H and O–H groups in total. The molecular formula is C21H24F6N4O6S. The molecule has 2 aromatic rings. The molecule has 0 spiro atoms. The average Bonchev–Trinajstić information content (AvgIpc) is 3.08. The van der Waals surface area contributed by atoms with Crippen molar-refractivity contribution in [2.75, 3.05) is 32.1 Å². The summed E-state index contributed by atoms with van der Waals surface area (Å²) in [5, 5.41) is 26.9. The molecule has 0 radical (unpaired) electrons. The molecule has 0 saturated heterocycles. The van der Waals surface area contributed by atoms with Gasteiger partial charge in [0.15, 0.2) is 0 Å². The van der Waals surface area contributed by atoms with Gasteiger partial charge in [-0.2, -0.15) is 26.3 Å². The van der Waals surface area contributed by atoms with Crippen LogP contribution in [0.5, 0.6) is 0 Å². The first-order valence-corrected chi connectivity index (χ1v) is 11.4. The van der Waals surface area contributed by atoms with Crippen molar-refractivity contribution < 1.29 is 56.0 Å².